The average molecular weight is 335 g/mol. The van der Waals surface area contributed by atoms with Crippen molar-refractivity contribution in [3.8, 4) is 5.75 Å². The molecule has 0 fully saturated rings. The van der Waals surface area contributed by atoms with E-state index in [1.807, 2.05) is 51.8 Å². The van der Waals surface area contributed by atoms with Gasteiger partial charge in [0.1, 0.15) is 12.4 Å². The third kappa shape index (κ3) is 7.00. The molecule has 0 aromatic heterocycles. The van der Waals surface area contributed by atoms with E-state index in [-0.39, 0.29) is 11.9 Å². The van der Waals surface area contributed by atoms with Crippen LogP contribution in [0.1, 0.15) is 31.9 Å². The third-order valence-corrected chi connectivity index (χ3v) is 3.61. The summed E-state index contributed by atoms with van der Waals surface area (Å²) >= 11 is 0. The fraction of sp³-hybridized carbons (Fsp3) is 0.556. The Labute approximate surface area is 144 Å². The molecule has 134 valence electrons. The number of carbonyl (C=O) groups excluding carboxylic acids is 2. The van der Waals surface area contributed by atoms with E-state index in [0.717, 1.165) is 16.9 Å². The topological polar surface area (TPSA) is 70.7 Å². The van der Waals surface area contributed by atoms with E-state index in [2.05, 4.69) is 16.7 Å². The highest BCUT2D eigenvalue weighted by molar-refractivity contribution is 5.96. The lowest BCUT2D eigenvalue weighted by Gasteiger charge is -2.23. The SMILES string of the molecule is Cc1cc(C)cc(OCCN(C)C(C)C(=O)NC(=O)NC(C)C)c1. The van der Waals surface area contributed by atoms with Crippen LogP contribution in [0.25, 0.3) is 0 Å². The maximum absolute atomic E-state index is 12.0. The zero-order chi connectivity index (χ0) is 18.3. The summed E-state index contributed by atoms with van der Waals surface area (Å²) in [7, 11) is 1.83. The minimum atomic E-state index is -0.471. The lowest BCUT2D eigenvalue weighted by Crippen LogP contribution is -2.50. The molecule has 0 aliphatic rings. The number of urea groups is 1. The summed E-state index contributed by atoms with van der Waals surface area (Å²) in [6.45, 7) is 10.5. The van der Waals surface area contributed by atoms with Crippen molar-refractivity contribution in [3.05, 3.63) is 29.3 Å². The Balaban J connectivity index is 2.41. The van der Waals surface area contributed by atoms with Gasteiger partial charge in [-0.3, -0.25) is 15.0 Å². The molecule has 0 aliphatic heterocycles. The highest BCUT2D eigenvalue weighted by Gasteiger charge is 2.20. The van der Waals surface area contributed by atoms with E-state index >= 15 is 0 Å². The van der Waals surface area contributed by atoms with Crippen LogP contribution < -0.4 is 15.4 Å². The molecule has 1 rings (SSSR count). The molecular weight excluding hydrogens is 306 g/mol. The van der Waals surface area contributed by atoms with Gasteiger partial charge in [-0.2, -0.15) is 0 Å². The van der Waals surface area contributed by atoms with E-state index in [0.29, 0.717) is 13.2 Å². The van der Waals surface area contributed by atoms with Crippen molar-refractivity contribution < 1.29 is 14.3 Å². The van der Waals surface area contributed by atoms with Gasteiger partial charge in [0.25, 0.3) is 0 Å². The number of carbonyl (C=O) groups is 2. The predicted octanol–water partition coefficient (Wildman–Crippen LogP) is 2.24. The van der Waals surface area contributed by atoms with Crippen molar-refractivity contribution in [2.24, 2.45) is 0 Å². The Hall–Kier alpha value is -2.08. The van der Waals surface area contributed by atoms with Crippen LogP contribution >= 0.6 is 0 Å². The second-order valence-electron chi connectivity index (χ2n) is 6.45. The number of ether oxygens (including phenoxy) is 1. The standard InChI is InChI=1S/C18H29N3O3/c1-12(2)19-18(23)20-17(22)15(5)21(6)7-8-24-16-10-13(3)9-14(4)11-16/h9-12,15H,7-8H2,1-6H3,(H2,19,20,22,23). The van der Waals surface area contributed by atoms with E-state index in [1.165, 1.54) is 0 Å². The first-order chi connectivity index (χ1) is 11.2. The van der Waals surface area contributed by atoms with Gasteiger partial charge in [0.05, 0.1) is 6.04 Å². The Morgan fingerprint density at radius 3 is 2.25 bits per heavy atom. The number of rotatable bonds is 7. The van der Waals surface area contributed by atoms with E-state index in [4.69, 9.17) is 4.74 Å². The van der Waals surface area contributed by atoms with Crippen LogP contribution in [0.2, 0.25) is 0 Å². The van der Waals surface area contributed by atoms with Crippen LogP contribution in [0.3, 0.4) is 0 Å². The van der Waals surface area contributed by atoms with Crippen LogP contribution in [-0.4, -0.2) is 49.1 Å². The molecule has 24 heavy (non-hydrogen) atoms. The molecule has 1 aromatic rings. The highest BCUT2D eigenvalue weighted by atomic mass is 16.5. The molecule has 2 N–H and O–H groups in total. The molecule has 0 aliphatic carbocycles. The number of hydrogen-bond acceptors (Lipinski definition) is 4. The molecule has 6 heteroatoms. The van der Waals surface area contributed by atoms with Crippen molar-refractivity contribution in [2.45, 2.75) is 46.7 Å². The summed E-state index contributed by atoms with van der Waals surface area (Å²) in [5, 5.41) is 4.97. The molecule has 0 radical (unpaired) electrons. The van der Waals surface area contributed by atoms with Gasteiger partial charge < -0.3 is 10.1 Å². The lowest BCUT2D eigenvalue weighted by atomic mass is 10.1. The molecule has 0 saturated heterocycles. The van der Waals surface area contributed by atoms with E-state index < -0.39 is 12.1 Å². The largest absolute Gasteiger partial charge is 0.492 e. The monoisotopic (exact) mass is 335 g/mol. The van der Waals surface area contributed by atoms with Crippen LogP contribution in [0.4, 0.5) is 4.79 Å². The van der Waals surface area contributed by atoms with Crippen LogP contribution in [0, 0.1) is 13.8 Å². The fourth-order valence-corrected chi connectivity index (χ4v) is 2.23. The number of imide groups is 1. The van der Waals surface area contributed by atoms with Gasteiger partial charge in [-0.1, -0.05) is 6.07 Å². The molecule has 0 bridgehead atoms. The molecule has 1 atom stereocenters. The summed E-state index contributed by atoms with van der Waals surface area (Å²) in [6.07, 6.45) is 0. The van der Waals surface area contributed by atoms with E-state index in [1.54, 1.807) is 6.92 Å². The van der Waals surface area contributed by atoms with Gasteiger partial charge in [0.2, 0.25) is 5.91 Å². The molecule has 0 heterocycles. The van der Waals surface area contributed by atoms with Crippen molar-refractivity contribution in [1.29, 1.82) is 0 Å². The zero-order valence-electron chi connectivity index (χ0n) is 15.5. The molecule has 6 nitrogen and oxygen atoms in total. The second-order valence-corrected chi connectivity index (χ2v) is 6.45. The summed E-state index contributed by atoms with van der Waals surface area (Å²) in [6, 6.07) is 5.15. The lowest BCUT2D eigenvalue weighted by molar-refractivity contribution is -0.124. The Morgan fingerprint density at radius 1 is 1.12 bits per heavy atom. The number of hydrogen-bond donors (Lipinski definition) is 2. The second kappa shape index (κ2) is 9.27. The Morgan fingerprint density at radius 2 is 1.71 bits per heavy atom. The van der Waals surface area contributed by atoms with Crippen molar-refractivity contribution in [2.75, 3.05) is 20.2 Å². The van der Waals surface area contributed by atoms with Crippen LogP contribution in [0.5, 0.6) is 5.75 Å². The quantitative estimate of drug-likeness (QED) is 0.802. The number of benzene rings is 1. The minimum absolute atomic E-state index is 0.0166. The summed E-state index contributed by atoms with van der Waals surface area (Å²) in [5.74, 6) is 0.497. The third-order valence-electron chi connectivity index (χ3n) is 3.61. The predicted molar refractivity (Wildman–Crippen MR) is 95.3 cm³/mol. The van der Waals surface area contributed by atoms with Gasteiger partial charge >= 0.3 is 6.03 Å². The van der Waals surface area contributed by atoms with Gasteiger partial charge in [-0.15, -0.1) is 0 Å². The number of nitrogens with one attached hydrogen (secondary N) is 2. The number of aryl methyl sites for hydroxylation is 2. The molecule has 1 unspecified atom stereocenters. The smallest absolute Gasteiger partial charge is 0.321 e. The Kier molecular flexibility index (Phi) is 7.71. The first-order valence-corrected chi connectivity index (χ1v) is 8.21. The summed E-state index contributed by atoms with van der Waals surface area (Å²) in [5.41, 5.74) is 2.31. The molecule has 0 saturated carbocycles. The minimum Gasteiger partial charge on any atom is -0.492 e. The molecule has 0 spiro atoms. The zero-order valence-corrected chi connectivity index (χ0v) is 15.5. The van der Waals surface area contributed by atoms with Crippen molar-refractivity contribution in [3.63, 3.8) is 0 Å². The maximum atomic E-state index is 12.0. The molecule has 3 amide bonds. The maximum Gasteiger partial charge on any atom is 0.321 e. The average Bonchev–Trinajstić information content (AvgIpc) is 2.44. The number of amides is 3. The van der Waals surface area contributed by atoms with Crippen LogP contribution in [0.15, 0.2) is 18.2 Å². The van der Waals surface area contributed by atoms with Gasteiger partial charge in [-0.05, 0) is 64.9 Å². The Bertz CT molecular complexity index is 552. The van der Waals surface area contributed by atoms with Gasteiger partial charge in [0.15, 0.2) is 0 Å². The van der Waals surface area contributed by atoms with Gasteiger partial charge in [0, 0.05) is 12.6 Å². The molecule has 1 aromatic carbocycles. The first kappa shape index (κ1) is 20.0. The first-order valence-electron chi connectivity index (χ1n) is 8.21. The highest BCUT2D eigenvalue weighted by Crippen LogP contribution is 2.16. The summed E-state index contributed by atoms with van der Waals surface area (Å²) < 4.78 is 5.75. The van der Waals surface area contributed by atoms with Gasteiger partial charge in [-0.25, -0.2) is 4.79 Å². The number of nitrogens with zero attached hydrogens (tertiary/aromatic N) is 1. The van der Waals surface area contributed by atoms with Crippen molar-refractivity contribution >= 4 is 11.9 Å². The van der Waals surface area contributed by atoms with Crippen LogP contribution in [-0.2, 0) is 4.79 Å². The number of likely N-dealkylation sites (N-methyl/N-ethyl adjacent to an activating group) is 1. The normalized spacial score (nSPS) is 12.2. The van der Waals surface area contributed by atoms with E-state index in [9.17, 15) is 9.59 Å². The molecular formula is C18H29N3O3. The van der Waals surface area contributed by atoms with Crippen molar-refractivity contribution in [1.82, 2.24) is 15.5 Å². The fourth-order valence-electron chi connectivity index (χ4n) is 2.23. The summed E-state index contributed by atoms with van der Waals surface area (Å²) in [4.78, 5) is 25.5.